The fraction of sp³-hybridized carbons (Fsp3) is 0.241. The minimum atomic E-state index is 0.759. The number of benzene rings is 1. The van der Waals surface area contributed by atoms with Crippen molar-refractivity contribution in [3.63, 3.8) is 0 Å². The summed E-state index contributed by atoms with van der Waals surface area (Å²) in [6, 6.07) is 12.4. The zero-order valence-electron chi connectivity index (χ0n) is 20.7. The predicted octanol–water partition coefficient (Wildman–Crippen LogP) is 7.70. The molecule has 1 aliphatic rings. The van der Waals surface area contributed by atoms with Crippen molar-refractivity contribution < 1.29 is 0 Å². The number of rotatable bonds is 7. The average Bonchev–Trinajstić information content (AvgIpc) is 2.85. The lowest BCUT2D eigenvalue weighted by molar-refractivity contribution is 0.370. The highest BCUT2D eigenvalue weighted by Crippen LogP contribution is 2.33. The van der Waals surface area contributed by atoms with Crippen molar-refractivity contribution in [2.75, 3.05) is 25.5 Å². The third-order valence-electron chi connectivity index (χ3n) is 5.47. The maximum Gasteiger partial charge on any atom is 0.130 e. The molecule has 3 heterocycles. The number of anilines is 1. The zero-order valence-corrected chi connectivity index (χ0v) is 21.5. The molecule has 0 fully saturated rings. The van der Waals surface area contributed by atoms with Gasteiger partial charge in [0.05, 0.1) is 5.69 Å². The molecule has 0 radical (unpaired) electrons. The number of nitrogens with zero attached hydrogens (tertiary/aromatic N) is 3. The van der Waals surface area contributed by atoms with Gasteiger partial charge in [-0.2, -0.15) is 0 Å². The van der Waals surface area contributed by atoms with Gasteiger partial charge in [-0.1, -0.05) is 63.6 Å². The Kier molecular flexibility index (Phi) is 8.85. The lowest BCUT2D eigenvalue weighted by Gasteiger charge is -2.21. The highest BCUT2D eigenvalue weighted by atomic mass is 32.2. The van der Waals surface area contributed by atoms with E-state index in [0.717, 1.165) is 68.4 Å². The third-order valence-corrected chi connectivity index (χ3v) is 6.30. The molecule has 4 rings (SSSR count). The summed E-state index contributed by atoms with van der Waals surface area (Å²) in [4.78, 5) is 13.5. The van der Waals surface area contributed by atoms with E-state index in [1.807, 2.05) is 45.3 Å². The number of hydrogen-bond donors (Lipinski definition) is 1. The molecule has 4 nitrogen and oxygen atoms in total. The van der Waals surface area contributed by atoms with Crippen LogP contribution in [0.4, 0.5) is 5.82 Å². The first kappa shape index (κ1) is 25.5. The molecule has 0 atom stereocenters. The smallest absolute Gasteiger partial charge is 0.130 e. The highest BCUT2D eigenvalue weighted by Gasteiger charge is 2.12. The Labute approximate surface area is 208 Å². The molecule has 0 unspecified atom stereocenters. The van der Waals surface area contributed by atoms with E-state index in [2.05, 4.69) is 77.3 Å². The van der Waals surface area contributed by atoms with Gasteiger partial charge in [-0.3, -0.25) is 4.98 Å². The van der Waals surface area contributed by atoms with Crippen LogP contribution >= 0.6 is 11.8 Å². The van der Waals surface area contributed by atoms with Gasteiger partial charge in [0.25, 0.3) is 0 Å². The maximum atomic E-state index is 4.58. The van der Waals surface area contributed by atoms with Crippen molar-refractivity contribution in [2.24, 2.45) is 0 Å². The van der Waals surface area contributed by atoms with Gasteiger partial charge in [-0.25, -0.2) is 4.98 Å². The Bertz CT molecular complexity index is 1240. The number of hydrogen-bond acceptors (Lipinski definition) is 5. The Hall–Kier alpha value is -3.15. The molecule has 0 saturated heterocycles. The number of allylic oxidation sites excluding steroid dienone is 1. The topological polar surface area (TPSA) is 41.1 Å². The first-order valence-corrected chi connectivity index (χ1v) is 12.4. The van der Waals surface area contributed by atoms with E-state index in [9.17, 15) is 0 Å². The van der Waals surface area contributed by atoms with Crippen molar-refractivity contribution >= 4 is 44.5 Å². The number of aromatic nitrogens is 2. The second kappa shape index (κ2) is 11.8. The Morgan fingerprint density at radius 3 is 2.50 bits per heavy atom. The van der Waals surface area contributed by atoms with E-state index in [0.29, 0.717) is 0 Å². The molecule has 0 spiro atoms. The van der Waals surface area contributed by atoms with Gasteiger partial charge in [0.2, 0.25) is 0 Å². The van der Waals surface area contributed by atoms with Gasteiger partial charge in [-0.15, -0.1) is 0 Å². The fourth-order valence-corrected chi connectivity index (χ4v) is 4.34. The van der Waals surface area contributed by atoms with Crippen LogP contribution in [0.1, 0.15) is 44.0 Å². The summed E-state index contributed by atoms with van der Waals surface area (Å²) in [5, 5.41) is 5.55. The molecule has 3 aromatic rings. The van der Waals surface area contributed by atoms with Crippen molar-refractivity contribution in [1.29, 1.82) is 0 Å². The van der Waals surface area contributed by atoms with Crippen molar-refractivity contribution in [1.82, 2.24) is 14.9 Å². The van der Waals surface area contributed by atoms with Gasteiger partial charge in [-0.05, 0) is 66.1 Å². The Balaban J connectivity index is 0.00000158. The molecular weight excluding hydrogens is 436 g/mol. The standard InChI is InChI=1S/C27H28N4S.C2H6/c1-18(2)32-20(4)23-6-7-24-17-29-27(16-25(24)14-23)30-19(3)22-8-11-28-26(15-22)21-9-12-31(5)13-10-21;1-2/h6-9,11,14-17H,1,3-4,10,12-13H2,2,5H3,(H,29,30);1-2H3. The number of fused-ring (bicyclic) bond motifs is 1. The molecule has 0 aliphatic carbocycles. The van der Waals surface area contributed by atoms with Crippen LogP contribution in [0.2, 0.25) is 0 Å². The van der Waals surface area contributed by atoms with Crippen LogP contribution < -0.4 is 5.32 Å². The number of thioether (sulfide) groups is 1. The van der Waals surface area contributed by atoms with Crippen LogP contribution in [0.25, 0.3) is 26.9 Å². The molecular formula is C29H34N4S. The van der Waals surface area contributed by atoms with E-state index < -0.39 is 0 Å². The van der Waals surface area contributed by atoms with E-state index in [1.165, 1.54) is 5.57 Å². The van der Waals surface area contributed by atoms with Gasteiger partial charge < -0.3 is 10.2 Å². The summed E-state index contributed by atoms with van der Waals surface area (Å²) in [5.74, 6) is 0.759. The number of nitrogens with one attached hydrogen (secondary N) is 1. The van der Waals surface area contributed by atoms with Crippen molar-refractivity contribution in [3.05, 3.63) is 96.3 Å². The minimum absolute atomic E-state index is 0.759. The first-order chi connectivity index (χ1) is 16.4. The summed E-state index contributed by atoms with van der Waals surface area (Å²) < 4.78 is 0. The second-order valence-electron chi connectivity index (χ2n) is 8.13. The lowest BCUT2D eigenvalue weighted by atomic mass is 10.0. The van der Waals surface area contributed by atoms with Crippen LogP contribution in [-0.4, -0.2) is 35.0 Å². The van der Waals surface area contributed by atoms with E-state index >= 15 is 0 Å². The normalized spacial score (nSPS) is 13.5. The molecule has 0 saturated carbocycles. The van der Waals surface area contributed by atoms with E-state index in [-0.39, 0.29) is 0 Å². The molecule has 5 heteroatoms. The monoisotopic (exact) mass is 470 g/mol. The maximum absolute atomic E-state index is 4.58. The molecule has 0 bridgehead atoms. The lowest BCUT2D eigenvalue weighted by Crippen LogP contribution is -2.23. The molecule has 0 amide bonds. The van der Waals surface area contributed by atoms with Gasteiger partial charge in [0.1, 0.15) is 5.82 Å². The molecule has 176 valence electrons. The third kappa shape index (κ3) is 6.46. The molecule has 1 aliphatic heterocycles. The van der Waals surface area contributed by atoms with Crippen molar-refractivity contribution in [3.8, 4) is 0 Å². The molecule has 34 heavy (non-hydrogen) atoms. The summed E-state index contributed by atoms with van der Waals surface area (Å²) in [6.07, 6.45) is 7.00. The average molecular weight is 471 g/mol. The number of pyridine rings is 2. The summed E-state index contributed by atoms with van der Waals surface area (Å²) >= 11 is 1.59. The van der Waals surface area contributed by atoms with Crippen LogP contribution in [0.15, 0.2) is 79.5 Å². The first-order valence-electron chi connectivity index (χ1n) is 11.6. The minimum Gasteiger partial charge on any atom is -0.340 e. The van der Waals surface area contributed by atoms with E-state index in [1.54, 1.807) is 11.8 Å². The Morgan fingerprint density at radius 1 is 1.00 bits per heavy atom. The molecule has 1 N–H and O–H groups in total. The van der Waals surface area contributed by atoms with Gasteiger partial charge in [0, 0.05) is 47.0 Å². The summed E-state index contributed by atoms with van der Waals surface area (Å²) in [5.41, 5.74) is 5.21. The predicted molar refractivity (Wildman–Crippen MR) is 152 cm³/mol. The largest absolute Gasteiger partial charge is 0.340 e. The number of likely N-dealkylation sites (N-methyl/N-ethyl adjacent to an activating group) is 1. The molecule has 1 aromatic carbocycles. The van der Waals surface area contributed by atoms with Crippen LogP contribution in [0.5, 0.6) is 0 Å². The highest BCUT2D eigenvalue weighted by molar-refractivity contribution is 8.11. The van der Waals surface area contributed by atoms with Crippen LogP contribution in [0, 0.1) is 0 Å². The van der Waals surface area contributed by atoms with E-state index in [4.69, 9.17) is 0 Å². The fourth-order valence-electron chi connectivity index (χ4n) is 3.68. The summed E-state index contributed by atoms with van der Waals surface area (Å²) in [7, 11) is 2.14. The van der Waals surface area contributed by atoms with Crippen LogP contribution in [0.3, 0.4) is 0 Å². The Morgan fingerprint density at radius 2 is 1.79 bits per heavy atom. The zero-order chi connectivity index (χ0) is 24.7. The SMILES string of the molecule is C=C(C)SC(=C)c1ccc2cnc(NC(=C)c3ccnc(C4=CCN(C)CC4)c3)cc2c1.CC. The van der Waals surface area contributed by atoms with Crippen LogP contribution in [-0.2, 0) is 0 Å². The quantitative estimate of drug-likeness (QED) is 0.383. The van der Waals surface area contributed by atoms with Gasteiger partial charge in [0.15, 0.2) is 0 Å². The van der Waals surface area contributed by atoms with Gasteiger partial charge >= 0.3 is 0 Å². The molecule has 2 aromatic heterocycles. The summed E-state index contributed by atoms with van der Waals surface area (Å²) in [6.45, 7) is 20.4. The van der Waals surface area contributed by atoms with Crippen molar-refractivity contribution in [2.45, 2.75) is 27.2 Å². The second-order valence-corrected chi connectivity index (χ2v) is 9.53.